The molecule has 0 heterocycles. The van der Waals surface area contributed by atoms with Crippen LogP contribution in [0.5, 0.6) is 5.75 Å². The van der Waals surface area contributed by atoms with E-state index in [-0.39, 0.29) is 11.1 Å². The molecule has 0 atom stereocenters. The third-order valence-corrected chi connectivity index (χ3v) is 4.33. The summed E-state index contributed by atoms with van der Waals surface area (Å²) in [5.74, 6) is -1.41. The van der Waals surface area contributed by atoms with E-state index in [0.717, 1.165) is 44.5 Å². The molecule has 2 aromatic carbocycles. The molecule has 27 heavy (non-hydrogen) atoms. The van der Waals surface area contributed by atoms with Gasteiger partial charge in [0.2, 0.25) is 0 Å². The fraction of sp³-hybridized carbons (Fsp3) is 0.364. The van der Waals surface area contributed by atoms with Crippen LogP contribution >= 0.6 is 0 Å². The summed E-state index contributed by atoms with van der Waals surface area (Å²) in [7, 11) is 0. The van der Waals surface area contributed by atoms with E-state index in [1.807, 2.05) is 18.2 Å². The number of aromatic carboxylic acids is 1. The molecule has 2 rings (SSSR count). The molecule has 1 N–H and O–H groups in total. The Balaban J connectivity index is 2.19. The maximum absolute atomic E-state index is 12.5. The second-order valence-corrected chi connectivity index (χ2v) is 6.43. The fourth-order valence-electron chi connectivity index (χ4n) is 2.82. The first-order valence-corrected chi connectivity index (χ1v) is 9.46. The Morgan fingerprint density at radius 3 is 2.15 bits per heavy atom. The Kier molecular flexibility index (Phi) is 7.86. The summed E-state index contributed by atoms with van der Waals surface area (Å²) in [5, 5.41) is 9.25. The second kappa shape index (κ2) is 10.4. The molecule has 144 valence electrons. The van der Waals surface area contributed by atoms with Crippen molar-refractivity contribution >= 4 is 17.6 Å². The van der Waals surface area contributed by atoms with Gasteiger partial charge in [-0.1, -0.05) is 44.9 Å². The van der Waals surface area contributed by atoms with Crippen LogP contribution in [0.4, 0.5) is 5.69 Å². The number of carbonyl (C=O) groups is 2. The van der Waals surface area contributed by atoms with Gasteiger partial charge in [0.05, 0.1) is 11.1 Å². The number of carboxylic acids is 1. The molecular formula is C22H27NO4. The molecule has 0 saturated carbocycles. The average Bonchev–Trinajstić information content (AvgIpc) is 2.68. The van der Waals surface area contributed by atoms with Gasteiger partial charge in [-0.2, -0.15) is 0 Å². The Bertz CT molecular complexity index is 764. The van der Waals surface area contributed by atoms with Crippen molar-refractivity contribution in [3.63, 3.8) is 0 Å². The van der Waals surface area contributed by atoms with E-state index in [9.17, 15) is 14.7 Å². The summed E-state index contributed by atoms with van der Waals surface area (Å²) in [5.41, 5.74) is 0.990. The van der Waals surface area contributed by atoms with E-state index in [2.05, 4.69) is 18.7 Å². The van der Waals surface area contributed by atoms with E-state index in [4.69, 9.17) is 4.74 Å². The summed E-state index contributed by atoms with van der Waals surface area (Å²) in [6.45, 7) is 6.23. The predicted molar refractivity (Wildman–Crippen MR) is 107 cm³/mol. The molecule has 5 heteroatoms. The summed E-state index contributed by atoms with van der Waals surface area (Å²) >= 11 is 0. The van der Waals surface area contributed by atoms with Crippen LogP contribution in [0.3, 0.4) is 0 Å². The molecule has 0 fully saturated rings. The van der Waals surface area contributed by atoms with Crippen molar-refractivity contribution in [1.82, 2.24) is 0 Å². The number of nitrogens with zero attached hydrogens (tertiary/aromatic N) is 1. The number of anilines is 1. The minimum Gasteiger partial charge on any atom is -0.478 e. The molecule has 0 aromatic heterocycles. The molecule has 0 saturated heterocycles. The summed E-state index contributed by atoms with van der Waals surface area (Å²) in [6.07, 6.45) is 4.42. The molecule has 5 nitrogen and oxygen atoms in total. The highest BCUT2D eigenvalue weighted by Crippen LogP contribution is 2.23. The second-order valence-electron chi connectivity index (χ2n) is 6.43. The van der Waals surface area contributed by atoms with Crippen molar-refractivity contribution in [3.05, 3.63) is 59.7 Å². The lowest BCUT2D eigenvalue weighted by Gasteiger charge is -2.25. The van der Waals surface area contributed by atoms with Gasteiger partial charge < -0.3 is 14.7 Å². The lowest BCUT2D eigenvalue weighted by atomic mass is 10.1. The van der Waals surface area contributed by atoms with Crippen LogP contribution < -0.4 is 9.64 Å². The van der Waals surface area contributed by atoms with Gasteiger partial charge in [-0.15, -0.1) is 0 Å². The Morgan fingerprint density at radius 2 is 1.56 bits per heavy atom. The smallest absolute Gasteiger partial charge is 0.344 e. The number of hydrogen-bond acceptors (Lipinski definition) is 4. The maximum atomic E-state index is 12.5. The van der Waals surface area contributed by atoms with Crippen LogP contribution in [-0.4, -0.2) is 30.1 Å². The number of carboxylic acid groups (broad SMARTS) is 1. The molecule has 0 amide bonds. The minimum absolute atomic E-state index is 0.0456. The molecular weight excluding hydrogens is 342 g/mol. The SMILES string of the molecule is CCCCN(CCCC)c1cccc(OC(=O)c2ccccc2C(=O)O)c1. The van der Waals surface area contributed by atoms with Gasteiger partial charge in [0.15, 0.2) is 0 Å². The molecule has 0 radical (unpaired) electrons. The van der Waals surface area contributed by atoms with Crippen LogP contribution in [0.25, 0.3) is 0 Å². The molecule has 0 unspecified atom stereocenters. The first kappa shape index (κ1) is 20.5. The first-order valence-electron chi connectivity index (χ1n) is 9.46. The largest absolute Gasteiger partial charge is 0.478 e. The van der Waals surface area contributed by atoms with E-state index < -0.39 is 11.9 Å². The monoisotopic (exact) mass is 369 g/mol. The average molecular weight is 369 g/mol. The van der Waals surface area contributed by atoms with Gasteiger partial charge in [0.25, 0.3) is 0 Å². The Hall–Kier alpha value is -2.82. The highest BCUT2D eigenvalue weighted by Gasteiger charge is 2.18. The number of carbonyl (C=O) groups excluding carboxylic acids is 1. The maximum Gasteiger partial charge on any atom is 0.344 e. The third kappa shape index (κ3) is 5.84. The van der Waals surface area contributed by atoms with Crippen molar-refractivity contribution in [2.24, 2.45) is 0 Å². The van der Waals surface area contributed by atoms with Gasteiger partial charge in [0, 0.05) is 24.8 Å². The number of esters is 1. The van der Waals surface area contributed by atoms with Crippen LogP contribution in [-0.2, 0) is 0 Å². The quantitative estimate of drug-likeness (QED) is 0.471. The highest BCUT2D eigenvalue weighted by atomic mass is 16.5. The zero-order chi connectivity index (χ0) is 19.6. The molecule has 0 spiro atoms. The number of unbranched alkanes of at least 4 members (excludes halogenated alkanes) is 2. The van der Waals surface area contributed by atoms with Crippen molar-refractivity contribution in [2.45, 2.75) is 39.5 Å². The predicted octanol–water partition coefficient (Wildman–Crippen LogP) is 5.01. The molecule has 0 aliphatic heterocycles. The van der Waals surface area contributed by atoms with Crippen molar-refractivity contribution in [3.8, 4) is 5.75 Å². The zero-order valence-corrected chi connectivity index (χ0v) is 16.0. The van der Waals surface area contributed by atoms with E-state index >= 15 is 0 Å². The Morgan fingerprint density at radius 1 is 0.926 bits per heavy atom. The first-order chi connectivity index (χ1) is 13.1. The standard InChI is InChI=1S/C22H27NO4/c1-3-5-14-23(15-6-4-2)17-10-9-11-18(16-17)27-22(26)20-13-8-7-12-19(20)21(24)25/h7-13,16H,3-6,14-15H2,1-2H3,(H,24,25). The van der Waals surface area contributed by atoms with E-state index in [1.165, 1.54) is 12.1 Å². The molecule has 2 aromatic rings. The highest BCUT2D eigenvalue weighted by molar-refractivity contribution is 6.03. The van der Waals surface area contributed by atoms with Crippen molar-refractivity contribution < 1.29 is 19.4 Å². The van der Waals surface area contributed by atoms with E-state index in [0.29, 0.717) is 5.75 Å². The van der Waals surface area contributed by atoms with Crippen LogP contribution in [0, 0.1) is 0 Å². The van der Waals surface area contributed by atoms with Gasteiger partial charge in [-0.05, 0) is 37.1 Å². The number of benzene rings is 2. The summed E-state index contributed by atoms with van der Waals surface area (Å²) < 4.78 is 5.46. The topological polar surface area (TPSA) is 66.8 Å². The molecule has 0 aliphatic carbocycles. The van der Waals surface area contributed by atoms with Crippen molar-refractivity contribution in [2.75, 3.05) is 18.0 Å². The summed E-state index contributed by atoms with van der Waals surface area (Å²) in [6, 6.07) is 13.5. The number of rotatable bonds is 10. The normalized spacial score (nSPS) is 10.4. The van der Waals surface area contributed by atoms with Gasteiger partial charge in [-0.3, -0.25) is 0 Å². The van der Waals surface area contributed by atoms with Crippen LogP contribution in [0.1, 0.15) is 60.2 Å². The summed E-state index contributed by atoms with van der Waals surface area (Å²) in [4.78, 5) is 26.1. The minimum atomic E-state index is -1.15. The van der Waals surface area contributed by atoms with Crippen molar-refractivity contribution in [1.29, 1.82) is 0 Å². The van der Waals surface area contributed by atoms with Crippen LogP contribution in [0.15, 0.2) is 48.5 Å². The van der Waals surface area contributed by atoms with E-state index in [1.54, 1.807) is 18.2 Å². The third-order valence-electron chi connectivity index (χ3n) is 4.33. The zero-order valence-electron chi connectivity index (χ0n) is 16.0. The lowest BCUT2D eigenvalue weighted by molar-refractivity contribution is 0.0668. The fourth-order valence-corrected chi connectivity index (χ4v) is 2.82. The molecule has 0 aliphatic rings. The lowest BCUT2D eigenvalue weighted by Crippen LogP contribution is -2.25. The van der Waals surface area contributed by atoms with Gasteiger partial charge in [-0.25, -0.2) is 9.59 Å². The molecule has 0 bridgehead atoms. The number of hydrogen-bond donors (Lipinski definition) is 1. The Labute approximate surface area is 160 Å². The van der Waals surface area contributed by atoms with Crippen LogP contribution in [0.2, 0.25) is 0 Å². The number of ether oxygens (including phenoxy) is 1. The van der Waals surface area contributed by atoms with Gasteiger partial charge in [0.1, 0.15) is 5.75 Å². The van der Waals surface area contributed by atoms with Gasteiger partial charge >= 0.3 is 11.9 Å².